The number of rotatable bonds is 3. The third-order valence-corrected chi connectivity index (χ3v) is 4.62. The number of aryl methyl sites for hydroxylation is 3. The van der Waals surface area contributed by atoms with E-state index in [1.807, 2.05) is 32.9 Å². The first-order valence-corrected chi connectivity index (χ1v) is 8.52. The molecule has 1 aromatic carbocycles. The number of likely N-dealkylation sites (tertiary alicyclic amines) is 1. The van der Waals surface area contributed by atoms with Gasteiger partial charge in [-0.3, -0.25) is 9.59 Å². The summed E-state index contributed by atoms with van der Waals surface area (Å²) in [5, 5.41) is 13.7. The first-order valence-electron chi connectivity index (χ1n) is 8.52. The first-order chi connectivity index (χ1) is 11.8. The molecule has 1 aliphatic rings. The summed E-state index contributed by atoms with van der Waals surface area (Å²) in [6.07, 6.45) is 1.33. The van der Waals surface area contributed by atoms with Crippen molar-refractivity contribution in [3.63, 3.8) is 0 Å². The van der Waals surface area contributed by atoms with E-state index in [9.17, 15) is 14.7 Å². The Labute approximate surface area is 147 Å². The number of aromatic nitrogens is 2. The third kappa shape index (κ3) is 3.57. The maximum Gasteiger partial charge on any atom is 0.308 e. The second-order valence-electron chi connectivity index (χ2n) is 6.86. The Morgan fingerprint density at radius 2 is 1.80 bits per heavy atom. The van der Waals surface area contributed by atoms with Crippen molar-refractivity contribution in [1.29, 1.82) is 0 Å². The first kappa shape index (κ1) is 17.2. The van der Waals surface area contributed by atoms with Gasteiger partial charge < -0.3 is 10.0 Å². The minimum atomic E-state index is -0.838. The Hall–Kier alpha value is -2.63. The topological polar surface area (TPSA) is 75.4 Å². The van der Waals surface area contributed by atoms with Gasteiger partial charge in [0.15, 0.2) is 5.69 Å². The van der Waals surface area contributed by atoms with Gasteiger partial charge in [0, 0.05) is 18.8 Å². The number of aliphatic carboxylic acids is 1. The molecule has 0 saturated carbocycles. The van der Waals surface area contributed by atoms with Gasteiger partial charge in [-0.15, -0.1) is 0 Å². The third-order valence-electron chi connectivity index (χ3n) is 4.62. The highest BCUT2D eigenvalue weighted by Crippen LogP contribution is 2.20. The van der Waals surface area contributed by atoms with E-state index < -0.39 is 11.9 Å². The van der Waals surface area contributed by atoms with Crippen LogP contribution in [-0.2, 0) is 4.79 Å². The zero-order valence-corrected chi connectivity index (χ0v) is 14.8. The summed E-state index contributed by atoms with van der Waals surface area (Å²) in [6.45, 7) is 6.81. The van der Waals surface area contributed by atoms with E-state index in [2.05, 4.69) is 11.2 Å². The molecule has 1 unspecified atom stereocenters. The largest absolute Gasteiger partial charge is 0.481 e. The van der Waals surface area contributed by atoms with E-state index in [0.29, 0.717) is 25.1 Å². The summed E-state index contributed by atoms with van der Waals surface area (Å²) < 4.78 is 1.77. The van der Waals surface area contributed by atoms with E-state index in [1.165, 1.54) is 0 Å². The second-order valence-corrected chi connectivity index (χ2v) is 6.86. The lowest BCUT2D eigenvalue weighted by atomic mass is 9.98. The number of carbonyl (C=O) groups excluding carboxylic acids is 1. The number of benzene rings is 1. The van der Waals surface area contributed by atoms with Gasteiger partial charge >= 0.3 is 5.97 Å². The highest BCUT2D eigenvalue weighted by atomic mass is 16.4. The number of piperidine rings is 1. The molecule has 1 aliphatic heterocycles. The summed E-state index contributed by atoms with van der Waals surface area (Å²) >= 11 is 0. The molecule has 0 bridgehead atoms. The number of carbonyl (C=O) groups is 2. The van der Waals surface area contributed by atoms with E-state index >= 15 is 0 Å². The van der Waals surface area contributed by atoms with Crippen LogP contribution in [0.15, 0.2) is 24.3 Å². The molecule has 3 rings (SSSR count). The SMILES string of the molecule is Cc1cc(C)cc(-n2nc(C(=O)N3CCCC(C(=O)O)C3)cc2C)c1. The number of hydrogen-bond donors (Lipinski definition) is 1. The van der Waals surface area contributed by atoms with Gasteiger partial charge in [0.1, 0.15) is 0 Å². The molecule has 6 nitrogen and oxygen atoms in total. The molecular weight excluding hydrogens is 318 g/mol. The van der Waals surface area contributed by atoms with Gasteiger partial charge in [-0.1, -0.05) is 6.07 Å². The van der Waals surface area contributed by atoms with Crippen molar-refractivity contribution in [2.24, 2.45) is 5.92 Å². The van der Waals surface area contributed by atoms with Gasteiger partial charge in [-0.05, 0) is 62.9 Å². The lowest BCUT2D eigenvalue weighted by Gasteiger charge is -2.30. The lowest BCUT2D eigenvalue weighted by molar-refractivity contribution is -0.143. The molecule has 132 valence electrons. The molecule has 0 radical (unpaired) electrons. The van der Waals surface area contributed by atoms with Crippen LogP contribution in [0.5, 0.6) is 0 Å². The molecule has 1 saturated heterocycles. The number of nitrogens with zero attached hydrogens (tertiary/aromatic N) is 3. The summed E-state index contributed by atoms with van der Waals surface area (Å²) in [7, 11) is 0. The van der Waals surface area contributed by atoms with Crippen molar-refractivity contribution in [1.82, 2.24) is 14.7 Å². The van der Waals surface area contributed by atoms with Crippen LogP contribution < -0.4 is 0 Å². The lowest BCUT2D eigenvalue weighted by Crippen LogP contribution is -2.42. The molecule has 2 heterocycles. The molecule has 25 heavy (non-hydrogen) atoms. The highest BCUT2D eigenvalue weighted by molar-refractivity contribution is 5.93. The summed E-state index contributed by atoms with van der Waals surface area (Å²) in [4.78, 5) is 25.6. The zero-order valence-electron chi connectivity index (χ0n) is 14.8. The second kappa shape index (κ2) is 6.70. The number of hydrogen-bond acceptors (Lipinski definition) is 3. The number of amides is 1. The molecule has 1 atom stereocenters. The van der Waals surface area contributed by atoms with Crippen molar-refractivity contribution in [2.45, 2.75) is 33.6 Å². The molecule has 0 aliphatic carbocycles. The van der Waals surface area contributed by atoms with Crippen molar-refractivity contribution in [2.75, 3.05) is 13.1 Å². The predicted octanol–water partition coefficient (Wildman–Crippen LogP) is 2.73. The smallest absolute Gasteiger partial charge is 0.308 e. The zero-order chi connectivity index (χ0) is 18.1. The van der Waals surface area contributed by atoms with Crippen molar-refractivity contribution in [3.05, 3.63) is 46.8 Å². The van der Waals surface area contributed by atoms with Gasteiger partial charge in [-0.2, -0.15) is 5.10 Å². The highest BCUT2D eigenvalue weighted by Gasteiger charge is 2.29. The molecule has 1 aromatic heterocycles. The van der Waals surface area contributed by atoms with Crippen LogP contribution >= 0.6 is 0 Å². The van der Waals surface area contributed by atoms with E-state index in [0.717, 1.165) is 22.5 Å². The van der Waals surface area contributed by atoms with Crippen LogP contribution in [0.3, 0.4) is 0 Å². The summed E-state index contributed by atoms with van der Waals surface area (Å²) in [5.41, 5.74) is 4.44. The van der Waals surface area contributed by atoms with Crippen LogP contribution in [0.25, 0.3) is 5.69 Å². The fraction of sp³-hybridized carbons (Fsp3) is 0.421. The van der Waals surface area contributed by atoms with Crippen LogP contribution in [0.4, 0.5) is 0 Å². The Kier molecular flexibility index (Phi) is 4.61. The molecule has 6 heteroatoms. The maximum atomic E-state index is 12.8. The summed E-state index contributed by atoms with van der Waals surface area (Å²) in [6, 6.07) is 7.92. The Morgan fingerprint density at radius 1 is 1.12 bits per heavy atom. The number of carboxylic acids is 1. The Morgan fingerprint density at radius 3 is 2.44 bits per heavy atom. The van der Waals surface area contributed by atoms with Crippen LogP contribution in [0.1, 0.15) is 40.2 Å². The fourth-order valence-electron chi connectivity index (χ4n) is 3.44. The molecular formula is C19H23N3O3. The molecule has 1 N–H and O–H groups in total. The number of carboxylic acid groups (broad SMARTS) is 1. The molecule has 1 fully saturated rings. The average molecular weight is 341 g/mol. The van der Waals surface area contributed by atoms with Gasteiger partial charge in [0.2, 0.25) is 0 Å². The minimum absolute atomic E-state index is 0.197. The van der Waals surface area contributed by atoms with E-state index in [4.69, 9.17) is 0 Å². The average Bonchev–Trinajstić information content (AvgIpc) is 2.95. The van der Waals surface area contributed by atoms with Crippen LogP contribution in [0, 0.1) is 26.7 Å². The normalized spacial score (nSPS) is 17.6. The molecule has 1 amide bonds. The van der Waals surface area contributed by atoms with Gasteiger partial charge in [0.05, 0.1) is 11.6 Å². The van der Waals surface area contributed by atoms with E-state index in [1.54, 1.807) is 15.6 Å². The Balaban J connectivity index is 1.86. The molecule has 0 spiro atoms. The minimum Gasteiger partial charge on any atom is -0.481 e. The molecule has 2 aromatic rings. The van der Waals surface area contributed by atoms with Gasteiger partial charge in [0.25, 0.3) is 5.91 Å². The van der Waals surface area contributed by atoms with Gasteiger partial charge in [-0.25, -0.2) is 4.68 Å². The fourth-order valence-corrected chi connectivity index (χ4v) is 3.44. The Bertz CT molecular complexity index is 805. The van der Waals surface area contributed by atoms with Crippen LogP contribution in [-0.4, -0.2) is 44.8 Å². The predicted molar refractivity (Wildman–Crippen MR) is 94.0 cm³/mol. The van der Waals surface area contributed by atoms with Crippen molar-refractivity contribution in [3.8, 4) is 5.69 Å². The van der Waals surface area contributed by atoms with Crippen molar-refractivity contribution >= 4 is 11.9 Å². The van der Waals surface area contributed by atoms with E-state index in [-0.39, 0.29) is 12.5 Å². The maximum absolute atomic E-state index is 12.8. The standard InChI is InChI=1S/C19H23N3O3/c1-12-7-13(2)9-16(8-12)22-14(3)10-17(20-22)18(23)21-6-4-5-15(11-21)19(24)25/h7-10,15H,4-6,11H2,1-3H3,(H,24,25). The van der Waals surface area contributed by atoms with Crippen LogP contribution in [0.2, 0.25) is 0 Å². The quantitative estimate of drug-likeness (QED) is 0.931. The van der Waals surface area contributed by atoms with Crippen molar-refractivity contribution < 1.29 is 14.7 Å². The summed E-state index contributed by atoms with van der Waals surface area (Å²) in [5.74, 6) is -1.52. The monoisotopic (exact) mass is 341 g/mol.